The van der Waals surface area contributed by atoms with Gasteiger partial charge < -0.3 is 37.5 Å². The van der Waals surface area contributed by atoms with Crippen LogP contribution in [0.15, 0.2) is 104 Å². The monoisotopic (exact) mass is 1160 g/mol. The number of allylic oxidation sites excluding steroid dienone is 6. The number of hydrogen-bond donors (Lipinski definition) is 2. The minimum Gasteiger partial charge on any atom is -0.748 e. The highest BCUT2D eigenvalue weighted by Crippen LogP contribution is 2.54. The maximum Gasteiger partial charge on any atom is 0.303 e. The highest BCUT2D eigenvalue weighted by molar-refractivity contribution is 7.87. The first-order valence-electron chi connectivity index (χ1n) is 22.7. The Morgan fingerprint density at radius 2 is 1.23 bits per heavy atom. The van der Waals surface area contributed by atoms with E-state index in [9.17, 15) is 87.7 Å². The molecule has 0 saturated heterocycles. The van der Waals surface area contributed by atoms with Crippen molar-refractivity contribution in [3.8, 4) is 0 Å². The van der Waals surface area contributed by atoms with Crippen LogP contribution in [0.4, 0.5) is 11.4 Å². The minimum absolute atomic E-state index is 0.0385. The van der Waals surface area contributed by atoms with Crippen LogP contribution in [0.3, 0.4) is 0 Å². The topological polar surface area (TPSA) is 393 Å². The lowest BCUT2D eigenvalue weighted by Crippen LogP contribution is -2.32. The van der Waals surface area contributed by atoms with Gasteiger partial charge in [-0.05, 0) is 110 Å². The van der Waals surface area contributed by atoms with Crippen LogP contribution in [0.2, 0.25) is 0 Å². The first-order valence-corrected chi connectivity index (χ1v) is 31.5. The molecule has 4 aromatic carbocycles. The van der Waals surface area contributed by atoms with E-state index in [4.69, 9.17) is 4.74 Å². The number of benzene rings is 4. The largest absolute Gasteiger partial charge is 0.748 e. The number of unbranched alkanes of at least 4 members (excludes halogenated alkanes) is 2. The average molecular weight is 1160 g/mol. The first kappa shape index (κ1) is 59.2. The van der Waals surface area contributed by atoms with Gasteiger partial charge >= 0.3 is 5.97 Å². The van der Waals surface area contributed by atoms with Crippen LogP contribution in [0.5, 0.6) is 0 Å². The van der Waals surface area contributed by atoms with E-state index in [1.807, 2.05) is 4.90 Å². The van der Waals surface area contributed by atoms with E-state index < -0.39 is 109 Å². The van der Waals surface area contributed by atoms with Crippen molar-refractivity contribution in [3.05, 3.63) is 95.7 Å². The Kier molecular flexibility index (Phi) is 17.2. The fourth-order valence-corrected chi connectivity index (χ4v) is 13.7. The van der Waals surface area contributed by atoms with E-state index in [0.29, 0.717) is 48.3 Å². The smallest absolute Gasteiger partial charge is 0.303 e. The SMILES string of the molecule is COCCC1(C)\C(=C/C=C/C=C/C2=[N+](CCCS(=O)(=O)O)c3ccc4c(S(=O)(=O)[O-])cc(S(=O)(=O)[O-])cc4c3C2(C)CCCS(=O)(=O)[O-])N(CCCCCC(=O)O)c2ccc3c(S(=O)(=O)[O-])cc(S(=O)(=O)[O-])cc3c21. The van der Waals surface area contributed by atoms with E-state index in [2.05, 4.69) is 0 Å². The molecule has 2 heterocycles. The molecule has 410 valence electrons. The van der Waals surface area contributed by atoms with Crippen LogP contribution in [-0.2, 0) is 81.1 Å². The van der Waals surface area contributed by atoms with Crippen LogP contribution in [0, 0.1) is 0 Å². The van der Waals surface area contributed by atoms with Gasteiger partial charge in [-0.25, -0.2) is 42.1 Å². The summed E-state index contributed by atoms with van der Waals surface area (Å²) in [6.45, 7) is 3.33. The van der Waals surface area contributed by atoms with Gasteiger partial charge in [0, 0.05) is 78.7 Å². The summed E-state index contributed by atoms with van der Waals surface area (Å²) < 4.78 is 226. The Morgan fingerprint density at radius 1 is 0.653 bits per heavy atom. The molecule has 0 bridgehead atoms. The van der Waals surface area contributed by atoms with Crippen LogP contribution in [0.25, 0.3) is 21.5 Å². The predicted molar refractivity (Wildman–Crippen MR) is 265 cm³/mol. The summed E-state index contributed by atoms with van der Waals surface area (Å²) >= 11 is 0. The number of nitrogens with zero attached hydrogens (tertiary/aromatic N) is 2. The summed E-state index contributed by atoms with van der Waals surface area (Å²) in [7, 11) is -29.6. The van der Waals surface area contributed by atoms with E-state index in [1.54, 1.807) is 19.1 Å². The molecule has 6 rings (SSSR count). The summed E-state index contributed by atoms with van der Waals surface area (Å²) in [5.74, 6) is -2.69. The molecule has 0 aromatic heterocycles. The molecule has 0 fully saturated rings. The van der Waals surface area contributed by atoms with Crippen molar-refractivity contribution in [2.75, 3.05) is 43.2 Å². The number of hydrogen-bond acceptors (Lipinski definition) is 20. The number of fused-ring (bicyclic) bond motifs is 6. The van der Waals surface area contributed by atoms with Gasteiger partial charge in [-0.1, -0.05) is 30.7 Å². The van der Waals surface area contributed by atoms with E-state index in [-0.39, 0.29) is 90.3 Å². The molecule has 2 N–H and O–H groups in total. The molecule has 0 radical (unpaired) electrons. The molecule has 0 amide bonds. The molecule has 29 heteroatoms. The van der Waals surface area contributed by atoms with Crippen LogP contribution in [-0.4, -0.2) is 137 Å². The number of ether oxygens (including phenoxy) is 1. The molecule has 2 unspecified atom stereocenters. The number of aliphatic carboxylic acids is 1. The molecule has 2 aliphatic heterocycles. The second-order valence-corrected chi connectivity index (χ2v) is 26.9. The van der Waals surface area contributed by atoms with Crippen molar-refractivity contribution >= 4 is 105 Å². The molecule has 0 saturated carbocycles. The normalized spacial score (nSPS) is 19.4. The third kappa shape index (κ3) is 13.2. The first-order chi connectivity index (χ1) is 34.5. The molecule has 2 atom stereocenters. The Bertz CT molecular complexity index is 3810. The number of anilines is 1. The molecular weight excluding hydrogens is 1110 g/mol. The summed E-state index contributed by atoms with van der Waals surface area (Å²) in [5.41, 5.74) is -1.05. The molecule has 4 aromatic rings. The van der Waals surface area contributed by atoms with E-state index in [1.165, 1.54) is 61.1 Å². The molecule has 23 nitrogen and oxygen atoms in total. The van der Waals surface area contributed by atoms with Gasteiger partial charge in [0.1, 0.15) is 47.0 Å². The number of carboxylic acid groups (broad SMARTS) is 1. The van der Waals surface area contributed by atoms with Gasteiger partial charge in [0.25, 0.3) is 10.1 Å². The van der Waals surface area contributed by atoms with Gasteiger partial charge in [0.05, 0.1) is 40.9 Å². The summed E-state index contributed by atoms with van der Waals surface area (Å²) in [6.07, 6.45) is 8.01. The maximum atomic E-state index is 12.6. The standard InChI is InChI=1S/C46H54N2O21S6/c1-45(19-10-24-70(51,52)53)40(48(22-11-25-71(54,55)56)36-17-15-32-34(43(36)45)26-30(72(57,58)59)28-38(32)74(63,64)65)12-6-4-7-13-41-46(2,20-23-69-3)44-35-27-31(73(60,61)62)29-39(75(66,67)68)33(35)16-18-37(44)47(41)21-9-5-8-14-42(49)50/h4,6-7,12-13,15-18,26-29H,5,8-11,14,19-25H2,1-3H3,(H6-,49,50,51,52,53,54,55,56,57,58,59,60,61,62,63,64,65,66,67,68)/p-4. The Hall–Kier alpha value is -5.02. The van der Waals surface area contributed by atoms with Gasteiger partial charge in [0.2, 0.25) is 5.69 Å². The zero-order valence-electron chi connectivity index (χ0n) is 40.2. The second kappa shape index (κ2) is 21.8. The lowest BCUT2D eigenvalue weighted by atomic mass is 9.74. The average Bonchev–Trinajstić information content (AvgIpc) is 3.65. The highest BCUT2D eigenvalue weighted by Gasteiger charge is 2.49. The Labute approximate surface area is 434 Å². The van der Waals surface area contributed by atoms with Crippen molar-refractivity contribution in [1.82, 2.24) is 0 Å². The fourth-order valence-electron chi connectivity index (χ4n) is 10.1. The number of rotatable bonds is 24. The van der Waals surface area contributed by atoms with Crippen LogP contribution in [0.1, 0.15) is 76.3 Å². The van der Waals surface area contributed by atoms with Gasteiger partial charge in [-0.2, -0.15) is 13.0 Å². The van der Waals surface area contributed by atoms with Gasteiger partial charge in [-0.15, -0.1) is 0 Å². The molecular formula is C46H50N2O21S6-4. The number of carboxylic acids is 1. The molecule has 0 spiro atoms. The zero-order valence-corrected chi connectivity index (χ0v) is 45.1. The van der Waals surface area contributed by atoms with E-state index in [0.717, 1.165) is 12.1 Å². The molecule has 2 aliphatic rings. The quantitative estimate of drug-likeness (QED) is 0.0433. The van der Waals surface area contributed by atoms with Crippen molar-refractivity contribution in [3.63, 3.8) is 0 Å². The van der Waals surface area contributed by atoms with Crippen molar-refractivity contribution in [2.24, 2.45) is 0 Å². The zero-order chi connectivity index (χ0) is 55.9. The lowest BCUT2D eigenvalue weighted by Gasteiger charge is -2.31. The van der Waals surface area contributed by atoms with Gasteiger partial charge in [-0.3, -0.25) is 9.35 Å². The van der Waals surface area contributed by atoms with E-state index >= 15 is 0 Å². The van der Waals surface area contributed by atoms with Gasteiger partial charge in [0.15, 0.2) is 5.71 Å². The maximum absolute atomic E-state index is 12.6. The molecule has 75 heavy (non-hydrogen) atoms. The minimum atomic E-state index is -5.48. The molecule has 0 aliphatic carbocycles. The van der Waals surface area contributed by atoms with Crippen molar-refractivity contribution in [2.45, 2.75) is 95.6 Å². The Morgan fingerprint density at radius 3 is 1.75 bits per heavy atom. The predicted octanol–water partition coefficient (Wildman–Crippen LogP) is 4.02. The summed E-state index contributed by atoms with van der Waals surface area (Å²) in [5, 5.41) is 8.49. The lowest BCUT2D eigenvalue weighted by molar-refractivity contribution is -0.437. The van der Waals surface area contributed by atoms with Crippen LogP contribution < -0.4 is 4.90 Å². The van der Waals surface area contributed by atoms with Crippen LogP contribution >= 0.6 is 0 Å². The number of carbonyl (C=O) groups is 1. The van der Waals surface area contributed by atoms with Crippen molar-refractivity contribution < 1.29 is 97.0 Å². The highest BCUT2D eigenvalue weighted by atomic mass is 32.2. The van der Waals surface area contributed by atoms with Crippen molar-refractivity contribution in [1.29, 1.82) is 0 Å². The summed E-state index contributed by atoms with van der Waals surface area (Å²) in [6, 6.07) is 8.12. The summed E-state index contributed by atoms with van der Waals surface area (Å²) in [4.78, 5) is 9.05. The second-order valence-electron chi connectivity index (χ2n) is 18.4. The number of methoxy groups -OCH3 is 1. The fraction of sp³-hybridized carbons (Fsp3) is 0.391. The third-order valence-corrected chi connectivity index (χ3v) is 18.2. The Balaban J connectivity index is 1.58. The third-order valence-electron chi connectivity index (χ3n) is 13.3.